The standard InChI is InChI=1S/C4H8N2/c1-2-5-4-6-3-1/h5-6H,1-2,4H2. The third-order valence-corrected chi connectivity index (χ3v) is 0.765. The molecule has 0 bridgehead atoms. The van der Waals surface area contributed by atoms with Crippen LogP contribution in [0.25, 0.3) is 0 Å². The topological polar surface area (TPSA) is 24.1 Å². The Kier molecular flexibility index (Phi) is 1.47. The van der Waals surface area contributed by atoms with E-state index in [2.05, 4.69) is 17.2 Å². The lowest BCUT2D eigenvalue weighted by Crippen LogP contribution is -2.33. The molecule has 1 rings (SSSR count). The molecule has 1 fully saturated rings. The van der Waals surface area contributed by atoms with E-state index in [0.29, 0.717) is 0 Å². The van der Waals surface area contributed by atoms with Crippen molar-refractivity contribution < 1.29 is 0 Å². The van der Waals surface area contributed by atoms with Crippen molar-refractivity contribution in [1.82, 2.24) is 10.6 Å². The zero-order chi connectivity index (χ0) is 4.24. The summed E-state index contributed by atoms with van der Waals surface area (Å²) >= 11 is 0. The van der Waals surface area contributed by atoms with Gasteiger partial charge in [0.05, 0.1) is 6.54 Å². The molecule has 1 aliphatic heterocycles. The highest BCUT2D eigenvalue weighted by Gasteiger charge is 1.93. The van der Waals surface area contributed by atoms with E-state index in [-0.39, 0.29) is 0 Å². The maximum absolute atomic E-state index is 3.11. The fourth-order valence-corrected chi connectivity index (χ4v) is 0.453. The Hall–Kier alpha value is -0.0800. The second-order valence-electron chi connectivity index (χ2n) is 1.28. The molecule has 0 saturated carbocycles. The molecule has 0 atom stereocenters. The smallest absolute Gasteiger partial charge is 0.0609 e. The minimum Gasteiger partial charge on any atom is -0.304 e. The van der Waals surface area contributed by atoms with Crippen LogP contribution in [-0.2, 0) is 0 Å². The molecule has 0 unspecified atom stereocenters. The first kappa shape index (κ1) is 4.09. The second-order valence-corrected chi connectivity index (χ2v) is 1.28. The summed E-state index contributed by atoms with van der Waals surface area (Å²) in [5.74, 6) is 0. The number of hydrogen-bond donors (Lipinski definition) is 2. The van der Waals surface area contributed by atoms with Crippen LogP contribution in [0.4, 0.5) is 0 Å². The normalized spacial score (nSPS) is 24.0. The van der Waals surface area contributed by atoms with Gasteiger partial charge in [-0.15, -0.1) is 0 Å². The maximum Gasteiger partial charge on any atom is 0.0609 e. The first-order valence-electron chi connectivity index (χ1n) is 2.16. The molecule has 2 heteroatoms. The molecule has 0 aromatic rings. The van der Waals surface area contributed by atoms with Gasteiger partial charge in [-0.1, -0.05) is 0 Å². The molecule has 2 N–H and O–H groups in total. The van der Waals surface area contributed by atoms with Gasteiger partial charge in [-0.25, -0.2) is 0 Å². The summed E-state index contributed by atoms with van der Waals surface area (Å²) in [5, 5.41) is 6.03. The van der Waals surface area contributed by atoms with E-state index in [1.807, 2.05) is 0 Å². The van der Waals surface area contributed by atoms with Crippen LogP contribution < -0.4 is 10.6 Å². The van der Waals surface area contributed by atoms with Crippen LogP contribution in [0, 0.1) is 6.54 Å². The van der Waals surface area contributed by atoms with Crippen LogP contribution in [0.2, 0.25) is 0 Å². The van der Waals surface area contributed by atoms with Crippen molar-refractivity contribution in [3.63, 3.8) is 0 Å². The van der Waals surface area contributed by atoms with Gasteiger partial charge >= 0.3 is 0 Å². The van der Waals surface area contributed by atoms with E-state index in [1.54, 1.807) is 0 Å². The van der Waals surface area contributed by atoms with Crippen LogP contribution in [-0.4, -0.2) is 13.2 Å². The van der Waals surface area contributed by atoms with E-state index in [4.69, 9.17) is 0 Å². The predicted molar refractivity (Wildman–Crippen MR) is 23.9 cm³/mol. The summed E-state index contributed by atoms with van der Waals surface area (Å²) in [6, 6.07) is 0. The molecule has 0 aliphatic carbocycles. The fourth-order valence-electron chi connectivity index (χ4n) is 0.453. The summed E-state index contributed by atoms with van der Waals surface area (Å²) in [7, 11) is 0. The lowest BCUT2D eigenvalue weighted by molar-refractivity contribution is 0.549. The molecule has 1 aliphatic rings. The number of rotatable bonds is 0. The molecule has 34 valence electrons. The van der Waals surface area contributed by atoms with Crippen LogP contribution in [0.15, 0.2) is 0 Å². The fraction of sp³-hybridized carbons (Fsp3) is 0.750. The zero-order valence-electron chi connectivity index (χ0n) is 3.62. The van der Waals surface area contributed by atoms with Crippen LogP contribution in [0.3, 0.4) is 0 Å². The van der Waals surface area contributed by atoms with E-state index >= 15 is 0 Å². The zero-order valence-corrected chi connectivity index (χ0v) is 3.62. The van der Waals surface area contributed by atoms with Gasteiger partial charge in [0.15, 0.2) is 0 Å². The Morgan fingerprint density at radius 3 is 2.67 bits per heavy atom. The van der Waals surface area contributed by atoms with Crippen molar-refractivity contribution in [2.24, 2.45) is 0 Å². The van der Waals surface area contributed by atoms with Crippen molar-refractivity contribution >= 4 is 0 Å². The molecular formula is C4H8N2. The Morgan fingerprint density at radius 1 is 1.50 bits per heavy atom. The molecule has 0 spiro atoms. The van der Waals surface area contributed by atoms with Gasteiger partial charge in [0.1, 0.15) is 0 Å². The number of hydrogen-bond acceptors (Lipinski definition) is 2. The van der Waals surface area contributed by atoms with Gasteiger partial charge in [-0.2, -0.15) is 0 Å². The van der Waals surface area contributed by atoms with Gasteiger partial charge in [0.2, 0.25) is 0 Å². The van der Waals surface area contributed by atoms with Crippen molar-refractivity contribution in [3.8, 4) is 0 Å². The first-order valence-corrected chi connectivity index (χ1v) is 2.16. The predicted octanol–water partition coefficient (Wildman–Crippen LogP) is -0.434. The molecular weight excluding hydrogens is 76.1 g/mol. The monoisotopic (exact) mass is 84.1 g/mol. The molecule has 2 radical (unpaired) electrons. The molecule has 0 aromatic carbocycles. The first-order chi connectivity index (χ1) is 3.00. The van der Waals surface area contributed by atoms with E-state index in [9.17, 15) is 0 Å². The third-order valence-electron chi connectivity index (χ3n) is 0.765. The van der Waals surface area contributed by atoms with Gasteiger partial charge in [0, 0.05) is 6.67 Å². The second kappa shape index (κ2) is 2.16. The van der Waals surface area contributed by atoms with Gasteiger partial charge in [0.25, 0.3) is 0 Å². The molecule has 1 heterocycles. The van der Waals surface area contributed by atoms with Crippen molar-refractivity contribution in [1.29, 1.82) is 0 Å². The van der Waals surface area contributed by atoms with E-state index in [0.717, 1.165) is 19.6 Å². The molecule has 0 aromatic heterocycles. The minimum atomic E-state index is 0.889. The molecule has 6 heavy (non-hydrogen) atoms. The van der Waals surface area contributed by atoms with Crippen LogP contribution >= 0.6 is 0 Å². The average molecular weight is 84.1 g/mol. The Labute approximate surface area is 37.9 Å². The highest BCUT2D eigenvalue weighted by molar-refractivity contribution is 4.67. The molecule has 1 saturated heterocycles. The van der Waals surface area contributed by atoms with Gasteiger partial charge in [-0.3, -0.25) is 5.32 Å². The molecule has 2 nitrogen and oxygen atoms in total. The summed E-state index contributed by atoms with van der Waals surface area (Å²) in [6.07, 6.45) is 1.03. The lowest BCUT2D eigenvalue weighted by atomic mass is 10.4. The quantitative estimate of drug-likeness (QED) is 0.416. The highest BCUT2D eigenvalue weighted by atomic mass is 15.1. The summed E-state index contributed by atoms with van der Waals surface area (Å²) in [5.41, 5.74) is 0. The van der Waals surface area contributed by atoms with Crippen molar-refractivity contribution in [3.05, 3.63) is 6.54 Å². The lowest BCUT2D eigenvalue weighted by Gasteiger charge is -2.09. The summed E-state index contributed by atoms with van der Waals surface area (Å²) < 4.78 is 0. The van der Waals surface area contributed by atoms with Crippen molar-refractivity contribution in [2.45, 2.75) is 6.42 Å². The van der Waals surface area contributed by atoms with Crippen molar-refractivity contribution in [2.75, 3.05) is 13.2 Å². The van der Waals surface area contributed by atoms with E-state index < -0.39 is 0 Å². The SMILES string of the molecule is [C]1CCNCN1. The third kappa shape index (κ3) is 0.954. The summed E-state index contributed by atoms with van der Waals surface area (Å²) in [6.45, 7) is 4.94. The largest absolute Gasteiger partial charge is 0.304 e. The highest BCUT2D eigenvalue weighted by Crippen LogP contribution is 1.81. The minimum absolute atomic E-state index is 0.889. The van der Waals surface area contributed by atoms with Gasteiger partial charge < -0.3 is 5.32 Å². The maximum atomic E-state index is 3.11. The Balaban J connectivity index is 2.00. The molecule has 0 amide bonds. The average Bonchev–Trinajstić information content (AvgIpc) is 1.72. The van der Waals surface area contributed by atoms with Gasteiger partial charge in [-0.05, 0) is 13.0 Å². The summed E-state index contributed by atoms with van der Waals surface area (Å²) in [4.78, 5) is 0. The van der Waals surface area contributed by atoms with Crippen LogP contribution in [0.1, 0.15) is 6.42 Å². The Morgan fingerprint density at radius 2 is 2.50 bits per heavy atom. The Bertz CT molecular complexity index is 21.0. The number of nitrogens with one attached hydrogen (secondary N) is 2. The van der Waals surface area contributed by atoms with E-state index in [1.165, 1.54) is 0 Å². The van der Waals surface area contributed by atoms with Crippen LogP contribution in [0.5, 0.6) is 0 Å².